The maximum atomic E-state index is 10.6. The van der Waals surface area contributed by atoms with Gasteiger partial charge in [-0.05, 0) is 38.5 Å². The minimum absolute atomic E-state index is 0.148. The second-order valence-corrected chi connectivity index (χ2v) is 4.70. The van der Waals surface area contributed by atoms with Crippen molar-refractivity contribution in [2.75, 3.05) is 26.7 Å². The molecule has 0 saturated carbocycles. The molecule has 1 atom stereocenters. The monoisotopic (exact) mass is 249 g/mol. The second kappa shape index (κ2) is 5.93. The molecule has 0 aliphatic carbocycles. The van der Waals surface area contributed by atoms with Crippen LogP contribution in [0, 0.1) is 10.1 Å². The minimum atomic E-state index is -0.362. The van der Waals surface area contributed by atoms with E-state index in [0.29, 0.717) is 0 Å². The predicted molar refractivity (Wildman–Crippen MR) is 70.6 cm³/mol. The van der Waals surface area contributed by atoms with Crippen LogP contribution in [0.2, 0.25) is 0 Å². The lowest BCUT2D eigenvalue weighted by molar-refractivity contribution is -0.384. The zero-order chi connectivity index (χ0) is 13.0. The van der Waals surface area contributed by atoms with Crippen LogP contribution in [0.25, 0.3) is 0 Å². The van der Waals surface area contributed by atoms with Gasteiger partial charge >= 0.3 is 0 Å². The van der Waals surface area contributed by atoms with Crippen LogP contribution in [0.15, 0.2) is 24.3 Å². The number of nitro benzene ring substituents is 1. The van der Waals surface area contributed by atoms with Gasteiger partial charge in [-0.25, -0.2) is 0 Å². The number of hydrogen-bond donors (Lipinski definition) is 1. The first-order chi connectivity index (χ1) is 8.70. The quantitative estimate of drug-likeness (QED) is 0.640. The van der Waals surface area contributed by atoms with Crippen molar-refractivity contribution in [2.24, 2.45) is 0 Å². The SMILES string of the molecule is CNC(CN1CCCC1)c1ccc([N+](=O)[O-])cc1. The largest absolute Gasteiger partial charge is 0.312 e. The average Bonchev–Trinajstić information content (AvgIpc) is 2.89. The van der Waals surface area contributed by atoms with E-state index in [1.165, 1.54) is 12.8 Å². The van der Waals surface area contributed by atoms with E-state index in [4.69, 9.17) is 0 Å². The fourth-order valence-electron chi connectivity index (χ4n) is 2.42. The van der Waals surface area contributed by atoms with E-state index in [0.717, 1.165) is 25.2 Å². The number of likely N-dealkylation sites (tertiary alicyclic amines) is 1. The summed E-state index contributed by atoms with van der Waals surface area (Å²) in [7, 11) is 1.93. The summed E-state index contributed by atoms with van der Waals surface area (Å²) >= 11 is 0. The Hall–Kier alpha value is -1.46. The summed E-state index contributed by atoms with van der Waals surface area (Å²) in [6, 6.07) is 7.07. The Morgan fingerprint density at radius 3 is 2.44 bits per heavy atom. The molecule has 98 valence electrons. The first-order valence-electron chi connectivity index (χ1n) is 6.34. The van der Waals surface area contributed by atoms with Gasteiger partial charge in [-0.15, -0.1) is 0 Å². The third kappa shape index (κ3) is 3.05. The van der Waals surface area contributed by atoms with E-state index in [1.54, 1.807) is 12.1 Å². The second-order valence-electron chi connectivity index (χ2n) is 4.70. The van der Waals surface area contributed by atoms with Gasteiger partial charge in [-0.1, -0.05) is 12.1 Å². The number of nitrogens with one attached hydrogen (secondary N) is 1. The summed E-state index contributed by atoms with van der Waals surface area (Å²) in [5.41, 5.74) is 1.25. The van der Waals surface area contributed by atoms with Crippen LogP contribution in [0.1, 0.15) is 24.4 Å². The topological polar surface area (TPSA) is 58.4 Å². The zero-order valence-corrected chi connectivity index (χ0v) is 10.6. The van der Waals surface area contributed by atoms with Crippen LogP contribution >= 0.6 is 0 Å². The highest BCUT2D eigenvalue weighted by molar-refractivity contribution is 5.34. The number of non-ortho nitro benzene ring substituents is 1. The summed E-state index contributed by atoms with van der Waals surface area (Å²) in [4.78, 5) is 12.7. The molecule has 1 unspecified atom stereocenters. The van der Waals surface area contributed by atoms with Gasteiger partial charge in [0.05, 0.1) is 4.92 Å². The fraction of sp³-hybridized carbons (Fsp3) is 0.538. The lowest BCUT2D eigenvalue weighted by Crippen LogP contribution is -2.31. The molecule has 0 spiro atoms. The molecular weight excluding hydrogens is 230 g/mol. The molecular formula is C13H19N3O2. The third-order valence-corrected chi connectivity index (χ3v) is 3.49. The summed E-state index contributed by atoms with van der Waals surface area (Å²) in [5.74, 6) is 0. The van der Waals surface area contributed by atoms with Crippen LogP contribution in [-0.2, 0) is 0 Å². The van der Waals surface area contributed by atoms with E-state index in [2.05, 4.69) is 10.2 Å². The molecule has 0 amide bonds. The molecule has 1 aliphatic rings. The molecule has 5 nitrogen and oxygen atoms in total. The summed E-state index contributed by atoms with van der Waals surface area (Å²) < 4.78 is 0. The first-order valence-corrected chi connectivity index (χ1v) is 6.34. The average molecular weight is 249 g/mol. The molecule has 1 aliphatic heterocycles. The molecule has 1 heterocycles. The van der Waals surface area contributed by atoms with Crippen molar-refractivity contribution in [1.82, 2.24) is 10.2 Å². The molecule has 0 radical (unpaired) electrons. The normalized spacial score (nSPS) is 17.8. The first kappa shape index (κ1) is 13.0. The van der Waals surface area contributed by atoms with Gasteiger partial charge in [0.1, 0.15) is 0 Å². The van der Waals surface area contributed by atoms with Crippen LogP contribution in [0.4, 0.5) is 5.69 Å². The van der Waals surface area contributed by atoms with E-state index in [1.807, 2.05) is 19.2 Å². The van der Waals surface area contributed by atoms with E-state index in [9.17, 15) is 10.1 Å². The van der Waals surface area contributed by atoms with Crippen molar-refractivity contribution in [1.29, 1.82) is 0 Å². The number of nitro groups is 1. The number of rotatable bonds is 5. The third-order valence-electron chi connectivity index (χ3n) is 3.49. The van der Waals surface area contributed by atoms with Gasteiger partial charge < -0.3 is 10.2 Å². The van der Waals surface area contributed by atoms with Gasteiger partial charge in [0.25, 0.3) is 5.69 Å². The zero-order valence-electron chi connectivity index (χ0n) is 10.6. The highest BCUT2D eigenvalue weighted by Gasteiger charge is 2.18. The Bertz CT molecular complexity index is 399. The molecule has 0 bridgehead atoms. The van der Waals surface area contributed by atoms with Gasteiger partial charge in [0, 0.05) is 24.7 Å². The Labute approximate surface area is 107 Å². The molecule has 0 aromatic heterocycles. The molecule has 1 aromatic carbocycles. The predicted octanol–water partition coefficient (Wildman–Crippen LogP) is 1.95. The smallest absolute Gasteiger partial charge is 0.269 e. The maximum absolute atomic E-state index is 10.6. The number of likely N-dealkylation sites (N-methyl/N-ethyl adjacent to an activating group) is 1. The van der Waals surface area contributed by atoms with Crippen molar-refractivity contribution in [3.63, 3.8) is 0 Å². The highest BCUT2D eigenvalue weighted by Crippen LogP contribution is 2.20. The number of hydrogen-bond acceptors (Lipinski definition) is 4. The summed E-state index contributed by atoms with van der Waals surface area (Å²) in [6.45, 7) is 3.28. The molecule has 2 rings (SSSR count). The Kier molecular flexibility index (Phi) is 4.28. The molecule has 18 heavy (non-hydrogen) atoms. The van der Waals surface area contributed by atoms with E-state index >= 15 is 0 Å². The lowest BCUT2D eigenvalue weighted by atomic mass is 10.1. The summed E-state index contributed by atoms with van der Waals surface area (Å²) in [5, 5.41) is 13.9. The van der Waals surface area contributed by atoms with Gasteiger partial charge in [0.2, 0.25) is 0 Å². The van der Waals surface area contributed by atoms with Crippen LogP contribution in [-0.4, -0.2) is 36.5 Å². The molecule has 1 aromatic rings. The van der Waals surface area contributed by atoms with Crippen LogP contribution in [0.3, 0.4) is 0 Å². The number of benzene rings is 1. The summed E-state index contributed by atoms with van der Waals surface area (Å²) in [6.07, 6.45) is 2.55. The minimum Gasteiger partial charge on any atom is -0.312 e. The molecule has 5 heteroatoms. The van der Waals surface area contributed by atoms with Crippen molar-refractivity contribution in [3.8, 4) is 0 Å². The van der Waals surface area contributed by atoms with Crippen molar-refractivity contribution in [2.45, 2.75) is 18.9 Å². The molecule has 1 N–H and O–H groups in total. The van der Waals surface area contributed by atoms with E-state index in [-0.39, 0.29) is 16.7 Å². The molecule has 1 saturated heterocycles. The molecule has 1 fully saturated rings. The fourth-order valence-corrected chi connectivity index (χ4v) is 2.42. The number of nitrogens with zero attached hydrogens (tertiary/aromatic N) is 2. The van der Waals surface area contributed by atoms with Gasteiger partial charge in [0.15, 0.2) is 0 Å². The highest BCUT2D eigenvalue weighted by atomic mass is 16.6. The van der Waals surface area contributed by atoms with E-state index < -0.39 is 0 Å². The van der Waals surface area contributed by atoms with Gasteiger partial charge in [-0.2, -0.15) is 0 Å². The van der Waals surface area contributed by atoms with Gasteiger partial charge in [-0.3, -0.25) is 10.1 Å². The Morgan fingerprint density at radius 1 is 1.33 bits per heavy atom. The van der Waals surface area contributed by atoms with Crippen LogP contribution < -0.4 is 5.32 Å². The maximum Gasteiger partial charge on any atom is 0.269 e. The Morgan fingerprint density at radius 2 is 1.94 bits per heavy atom. The van der Waals surface area contributed by atoms with Crippen molar-refractivity contribution < 1.29 is 4.92 Å². The van der Waals surface area contributed by atoms with Crippen molar-refractivity contribution >= 4 is 5.69 Å². The van der Waals surface area contributed by atoms with Crippen LogP contribution in [0.5, 0.6) is 0 Å². The Balaban J connectivity index is 2.04. The van der Waals surface area contributed by atoms with Crippen molar-refractivity contribution in [3.05, 3.63) is 39.9 Å². The lowest BCUT2D eigenvalue weighted by Gasteiger charge is -2.23. The standard InChI is InChI=1S/C13H19N3O2/c1-14-13(10-15-8-2-3-9-15)11-4-6-12(7-5-11)16(17)18/h4-7,13-14H,2-3,8-10H2,1H3.